The molecule has 0 aliphatic rings. The summed E-state index contributed by atoms with van der Waals surface area (Å²) in [7, 11) is 0. The van der Waals surface area contributed by atoms with Crippen molar-refractivity contribution in [2.75, 3.05) is 5.32 Å². The molecule has 17 heavy (non-hydrogen) atoms. The predicted molar refractivity (Wildman–Crippen MR) is 76.9 cm³/mol. The SMILES string of the molecule is C=CCC(Nc1cccc(Cl)c1)c1cccs1. The number of thiophene rings is 1. The first kappa shape index (κ1) is 12.2. The van der Waals surface area contributed by atoms with Crippen molar-refractivity contribution >= 4 is 28.6 Å². The van der Waals surface area contributed by atoms with Crippen LogP contribution in [0.3, 0.4) is 0 Å². The minimum atomic E-state index is 0.269. The maximum absolute atomic E-state index is 5.97. The highest BCUT2D eigenvalue weighted by atomic mass is 35.5. The summed E-state index contributed by atoms with van der Waals surface area (Å²) in [4.78, 5) is 1.31. The van der Waals surface area contributed by atoms with Crippen LogP contribution >= 0.6 is 22.9 Å². The molecule has 0 radical (unpaired) electrons. The van der Waals surface area contributed by atoms with Gasteiger partial charge in [-0.1, -0.05) is 29.8 Å². The fraction of sp³-hybridized carbons (Fsp3) is 0.143. The van der Waals surface area contributed by atoms with E-state index < -0.39 is 0 Å². The first-order chi connectivity index (χ1) is 8.29. The van der Waals surface area contributed by atoms with Crippen LogP contribution in [0.5, 0.6) is 0 Å². The Morgan fingerprint density at radius 2 is 2.24 bits per heavy atom. The number of hydrogen-bond donors (Lipinski definition) is 1. The van der Waals surface area contributed by atoms with Gasteiger partial charge in [0, 0.05) is 15.6 Å². The Kier molecular flexibility index (Phi) is 4.24. The minimum absolute atomic E-state index is 0.269. The highest BCUT2D eigenvalue weighted by Gasteiger charge is 2.10. The van der Waals surface area contributed by atoms with E-state index in [4.69, 9.17) is 11.6 Å². The Morgan fingerprint density at radius 1 is 1.35 bits per heavy atom. The highest BCUT2D eigenvalue weighted by Crippen LogP contribution is 2.27. The van der Waals surface area contributed by atoms with Gasteiger partial charge in [0.15, 0.2) is 0 Å². The largest absolute Gasteiger partial charge is 0.377 e. The van der Waals surface area contributed by atoms with E-state index in [1.807, 2.05) is 30.3 Å². The Balaban J connectivity index is 2.15. The lowest BCUT2D eigenvalue weighted by Crippen LogP contribution is -2.08. The van der Waals surface area contributed by atoms with Crippen molar-refractivity contribution in [1.29, 1.82) is 0 Å². The van der Waals surface area contributed by atoms with Crippen molar-refractivity contribution in [1.82, 2.24) is 0 Å². The number of halogens is 1. The molecule has 1 nitrogen and oxygen atoms in total. The predicted octanol–water partition coefficient (Wildman–Crippen LogP) is 5.13. The van der Waals surface area contributed by atoms with Gasteiger partial charge < -0.3 is 5.32 Å². The average molecular weight is 264 g/mol. The smallest absolute Gasteiger partial charge is 0.0640 e. The molecule has 1 N–H and O–H groups in total. The summed E-state index contributed by atoms with van der Waals surface area (Å²) in [5, 5.41) is 6.31. The molecule has 1 unspecified atom stereocenters. The van der Waals surface area contributed by atoms with Crippen LogP contribution in [0, 0.1) is 0 Å². The lowest BCUT2D eigenvalue weighted by molar-refractivity contribution is 0.817. The number of rotatable bonds is 5. The molecule has 0 amide bonds. The van der Waals surface area contributed by atoms with Crippen molar-refractivity contribution in [2.24, 2.45) is 0 Å². The van der Waals surface area contributed by atoms with Crippen molar-refractivity contribution < 1.29 is 0 Å². The highest BCUT2D eigenvalue weighted by molar-refractivity contribution is 7.10. The van der Waals surface area contributed by atoms with Crippen LogP contribution in [-0.4, -0.2) is 0 Å². The normalized spacial score (nSPS) is 12.1. The minimum Gasteiger partial charge on any atom is -0.377 e. The Labute approximate surface area is 111 Å². The molecule has 0 aliphatic heterocycles. The molecular formula is C14H14ClNS. The second-order valence-corrected chi connectivity index (χ2v) is 5.16. The molecule has 0 fully saturated rings. The van der Waals surface area contributed by atoms with Crippen molar-refractivity contribution in [3.8, 4) is 0 Å². The third-order valence-corrected chi connectivity index (χ3v) is 3.68. The topological polar surface area (TPSA) is 12.0 Å². The summed E-state index contributed by atoms with van der Waals surface area (Å²) in [6, 6.07) is 12.3. The van der Waals surface area contributed by atoms with Gasteiger partial charge in [-0.2, -0.15) is 0 Å². The molecular weight excluding hydrogens is 250 g/mol. The summed E-state index contributed by atoms with van der Waals surface area (Å²) in [6.45, 7) is 3.81. The van der Waals surface area contributed by atoms with Crippen LogP contribution in [-0.2, 0) is 0 Å². The average Bonchev–Trinajstić information content (AvgIpc) is 2.82. The van der Waals surface area contributed by atoms with Gasteiger partial charge >= 0.3 is 0 Å². The summed E-state index contributed by atoms with van der Waals surface area (Å²) in [6.07, 6.45) is 2.83. The molecule has 3 heteroatoms. The van der Waals surface area contributed by atoms with Crippen molar-refractivity contribution in [2.45, 2.75) is 12.5 Å². The molecule has 0 aliphatic carbocycles. The van der Waals surface area contributed by atoms with E-state index in [9.17, 15) is 0 Å². The van der Waals surface area contributed by atoms with Gasteiger partial charge in [-0.15, -0.1) is 17.9 Å². The first-order valence-corrected chi connectivity index (χ1v) is 6.72. The molecule has 2 aromatic rings. The number of hydrogen-bond acceptors (Lipinski definition) is 2. The Bertz CT molecular complexity index is 479. The van der Waals surface area contributed by atoms with E-state index in [-0.39, 0.29) is 6.04 Å². The molecule has 0 bridgehead atoms. The van der Waals surface area contributed by atoms with Crippen molar-refractivity contribution in [3.05, 3.63) is 64.3 Å². The van der Waals surface area contributed by atoms with E-state index in [0.717, 1.165) is 17.1 Å². The fourth-order valence-electron chi connectivity index (χ4n) is 1.68. The van der Waals surface area contributed by atoms with Crippen LogP contribution in [0.15, 0.2) is 54.4 Å². The Hall–Kier alpha value is -1.25. The van der Waals surface area contributed by atoms with Gasteiger partial charge in [-0.25, -0.2) is 0 Å². The molecule has 2 rings (SSSR count). The van der Waals surface area contributed by atoms with E-state index in [0.29, 0.717) is 0 Å². The van der Waals surface area contributed by atoms with Crippen LogP contribution in [0.1, 0.15) is 17.3 Å². The van der Waals surface area contributed by atoms with E-state index in [1.54, 1.807) is 11.3 Å². The third kappa shape index (κ3) is 3.35. The molecule has 0 saturated carbocycles. The zero-order chi connectivity index (χ0) is 12.1. The lowest BCUT2D eigenvalue weighted by Gasteiger charge is -2.17. The quantitative estimate of drug-likeness (QED) is 0.738. The standard InChI is InChI=1S/C14H14ClNS/c1-2-5-13(14-8-4-9-17-14)16-12-7-3-6-11(15)10-12/h2-4,6-10,13,16H,1,5H2. The van der Waals surface area contributed by atoms with Gasteiger partial charge in [0.05, 0.1) is 6.04 Å². The van der Waals surface area contributed by atoms with E-state index in [2.05, 4.69) is 29.4 Å². The zero-order valence-corrected chi connectivity index (χ0v) is 11.0. The van der Waals surface area contributed by atoms with Crippen LogP contribution in [0.25, 0.3) is 0 Å². The van der Waals surface area contributed by atoms with Gasteiger partial charge in [-0.05, 0) is 36.1 Å². The fourth-order valence-corrected chi connectivity index (χ4v) is 2.66. The summed E-state index contributed by atoms with van der Waals surface area (Å²) in [5.74, 6) is 0. The molecule has 0 saturated heterocycles. The molecule has 0 spiro atoms. The number of benzene rings is 1. The van der Waals surface area contributed by atoms with Crippen LogP contribution < -0.4 is 5.32 Å². The lowest BCUT2D eigenvalue weighted by atomic mass is 10.1. The monoisotopic (exact) mass is 263 g/mol. The van der Waals surface area contributed by atoms with Crippen molar-refractivity contribution in [3.63, 3.8) is 0 Å². The maximum atomic E-state index is 5.97. The molecule has 88 valence electrons. The molecule has 1 aromatic heterocycles. The van der Waals surface area contributed by atoms with Crippen LogP contribution in [0.2, 0.25) is 5.02 Å². The number of nitrogens with one attached hydrogen (secondary N) is 1. The summed E-state index contributed by atoms with van der Waals surface area (Å²) < 4.78 is 0. The van der Waals surface area contributed by atoms with Gasteiger partial charge in [-0.3, -0.25) is 0 Å². The van der Waals surface area contributed by atoms with Crippen LogP contribution in [0.4, 0.5) is 5.69 Å². The van der Waals surface area contributed by atoms with E-state index >= 15 is 0 Å². The number of anilines is 1. The third-order valence-electron chi connectivity index (χ3n) is 2.45. The molecule has 1 aromatic carbocycles. The molecule has 1 atom stereocenters. The van der Waals surface area contributed by atoms with Gasteiger partial charge in [0.25, 0.3) is 0 Å². The summed E-state index contributed by atoms with van der Waals surface area (Å²) >= 11 is 7.72. The first-order valence-electron chi connectivity index (χ1n) is 5.46. The van der Waals surface area contributed by atoms with E-state index in [1.165, 1.54) is 4.88 Å². The zero-order valence-electron chi connectivity index (χ0n) is 9.40. The summed E-state index contributed by atoms with van der Waals surface area (Å²) in [5.41, 5.74) is 1.04. The second-order valence-electron chi connectivity index (χ2n) is 3.75. The second kappa shape index (κ2) is 5.89. The van der Waals surface area contributed by atoms with Gasteiger partial charge in [0.2, 0.25) is 0 Å². The maximum Gasteiger partial charge on any atom is 0.0640 e. The van der Waals surface area contributed by atoms with Gasteiger partial charge in [0.1, 0.15) is 0 Å². The molecule has 1 heterocycles. The Morgan fingerprint density at radius 3 is 2.88 bits per heavy atom.